The number of aromatic amines is 1. The Bertz CT molecular complexity index is 4790. The quantitative estimate of drug-likeness (QED) is 0.0194. The number of hydrogen-bond acceptors (Lipinski definition) is 24. The van der Waals surface area contributed by atoms with Crippen molar-refractivity contribution in [1.82, 2.24) is 63.5 Å². The number of aryl methyl sites for hydroxylation is 1. The number of fused-ring (bicyclic) bond motifs is 2. The van der Waals surface area contributed by atoms with Crippen molar-refractivity contribution >= 4 is 143 Å². The molecule has 14 amide bonds. The first-order valence-electron chi connectivity index (χ1n) is 42.8. The Balaban J connectivity index is 1.54. The van der Waals surface area contributed by atoms with Gasteiger partial charge in [-0.1, -0.05) is 108 Å². The molecule has 1 saturated heterocycles. The Hall–Kier alpha value is -11.4. The van der Waals surface area contributed by atoms with Crippen LogP contribution in [0, 0.1) is 24.2 Å². The minimum atomic E-state index is -1.93. The lowest BCUT2D eigenvalue weighted by molar-refractivity contribution is -0.140. The summed E-state index contributed by atoms with van der Waals surface area (Å²) in [5.41, 5.74) is 29.8. The maximum atomic E-state index is 16.4. The van der Waals surface area contributed by atoms with Gasteiger partial charge in [-0.2, -0.15) is 0 Å². The fourth-order valence-corrected chi connectivity index (χ4v) is 17.9. The number of primary amides is 3. The van der Waals surface area contributed by atoms with Gasteiger partial charge in [0.2, 0.25) is 70.9 Å². The summed E-state index contributed by atoms with van der Waals surface area (Å²) in [6.45, 7) is 15.9. The SMILES string of the molecule is CC(=O)NCCCC[C@H](NC(=O)[C@](C)(CCCCN)CC(=O)[C@H](Cc1ccc2ccccc2c1)NC(=O)[C@@H](CC(=O)[C@H]1NC(=O)[C@H](CCCNC(N)=O)NC(=O)[C@H](Cc2c[nH]c3c(C)cccc23)NC(=O)[C@H]([C@@H](C)O)NC(=O)[C@H](CC(N)=O)NC(=O)[C@@H](NC(C)=O)C(C)(C)SSC1(C)C)Cc1ccc(OCCN)cc1)C(=O)C[C@@H](CC(N)=O)C(=O)N[C@@H](C(C)=O)[C@H](C)O. The first-order chi connectivity index (χ1) is 60.3. The first-order valence-corrected chi connectivity index (χ1v) is 44.9. The smallest absolute Gasteiger partial charge is 0.312 e. The number of nitrogens with one attached hydrogen (secondary N) is 12. The number of unbranched alkanes of at least 4 members (excludes halogenated alkanes) is 2. The van der Waals surface area contributed by atoms with E-state index in [1.54, 1.807) is 68.6 Å². The number of benzene rings is 4. The second-order valence-corrected chi connectivity index (χ2v) is 37.5. The Kier molecular flexibility index (Phi) is 41.0. The maximum absolute atomic E-state index is 16.4. The second-order valence-electron chi connectivity index (χ2n) is 34.1. The van der Waals surface area contributed by atoms with E-state index < -0.39 is 220 Å². The number of aliphatic hydroxyl groups is 2. The van der Waals surface area contributed by atoms with Crippen LogP contribution in [0.15, 0.2) is 91.1 Å². The lowest BCUT2D eigenvalue weighted by Crippen LogP contribution is -2.63. The number of Topliss-reactive ketones (excluding diaryl/α,β-unsaturated/α-hetero) is 4. The molecule has 128 heavy (non-hydrogen) atoms. The van der Waals surface area contributed by atoms with Crippen LogP contribution in [0.1, 0.15) is 175 Å². The summed E-state index contributed by atoms with van der Waals surface area (Å²) in [5, 5.41) is 52.9. The molecular formula is C89H127N17O20S2. The third kappa shape index (κ3) is 32.7. The van der Waals surface area contributed by atoms with Gasteiger partial charge in [-0.25, -0.2) is 4.79 Å². The number of nitrogens with two attached hydrogens (primary N) is 5. The van der Waals surface area contributed by atoms with Gasteiger partial charge >= 0.3 is 6.03 Å². The lowest BCUT2D eigenvalue weighted by Gasteiger charge is -2.39. The number of ether oxygens (including phenoxy) is 1. The number of urea groups is 1. The van der Waals surface area contributed by atoms with E-state index in [4.69, 9.17) is 33.4 Å². The molecule has 0 radical (unpaired) electrons. The zero-order valence-corrected chi connectivity index (χ0v) is 76.1. The van der Waals surface area contributed by atoms with E-state index in [0.717, 1.165) is 58.7 Å². The molecule has 4 aromatic carbocycles. The zero-order chi connectivity index (χ0) is 95.1. The van der Waals surface area contributed by atoms with Crippen LogP contribution < -0.4 is 91.9 Å². The summed E-state index contributed by atoms with van der Waals surface area (Å²) in [4.78, 5) is 247. The molecule has 2 heterocycles. The minimum Gasteiger partial charge on any atom is -0.492 e. The van der Waals surface area contributed by atoms with Crippen LogP contribution in [-0.2, 0) is 96.0 Å². The van der Waals surface area contributed by atoms with Crippen molar-refractivity contribution in [2.75, 3.05) is 32.8 Å². The number of aromatic nitrogens is 1. The number of carbonyl (C=O) groups is 17. The van der Waals surface area contributed by atoms with Crippen molar-refractivity contribution in [3.05, 3.63) is 113 Å². The number of carbonyl (C=O) groups excluding carboxylic acids is 17. The molecule has 0 unspecified atom stereocenters. The lowest BCUT2D eigenvalue weighted by atomic mass is 9.77. The number of para-hydroxylation sites is 1. The molecule has 39 heteroatoms. The summed E-state index contributed by atoms with van der Waals surface area (Å²) in [6, 6.07) is 8.68. The Morgan fingerprint density at radius 2 is 1.23 bits per heavy atom. The van der Waals surface area contributed by atoms with Gasteiger partial charge in [0, 0.05) is 98.1 Å². The number of H-pyrrole nitrogens is 1. The molecule has 1 aliphatic heterocycles. The molecule has 0 saturated carbocycles. The van der Waals surface area contributed by atoms with Gasteiger partial charge in [-0.3, -0.25) is 76.7 Å². The normalized spacial score (nSPS) is 19.7. The van der Waals surface area contributed by atoms with E-state index in [9.17, 15) is 63.0 Å². The maximum Gasteiger partial charge on any atom is 0.312 e. The van der Waals surface area contributed by atoms with E-state index in [-0.39, 0.29) is 96.5 Å². The van der Waals surface area contributed by atoms with E-state index in [0.29, 0.717) is 46.2 Å². The van der Waals surface area contributed by atoms with Crippen molar-refractivity contribution in [3.63, 3.8) is 0 Å². The number of aliphatic hydroxyl groups excluding tert-OH is 2. The molecule has 1 fully saturated rings. The monoisotopic (exact) mass is 1820 g/mol. The van der Waals surface area contributed by atoms with Gasteiger partial charge in [0.1, 0.15) is 54.6 Å². The molecule has 0 spiro atoms. The Morgan fingerprint density at radius 3 is 1.85 bits per heavy atom. The van der Waals surface area contributed by atoms with Crippen molar-refractivity contribution in [1.29, 1.82) is 0 Å². The third-order valence-corrected chi connectivity index (χ3v) is 26.4. The van der Waals surface area contributed by atoms with Crippen LogP contribution in [0.2, 0.25) is 0 Å². The van der Waals surface area contributed by atoms with Crippen molar-refractivity contribution in [3.8, 4) is 5.75 Å². The van der Waals surface area contributed by atoms with Crippen LogP contribution in [0.5, 0.6) is 5.75 Å². The fourth-order valence-electron chi connectivity index (χ4n) is 15.1. The van der Waals surface area contributed by atoms with Gasteiger partial charge in [-0.15, -0.1) is 0 Å². The van der Waals surface area contributed by atoms with E-state index in [1.165, 1.54) is 34.6 Å². The molecule has 6 rings (SSSR count). The summed E-state index contributed by atoms with van der Waals surface area (Å²) in [7, 11) is 1.85. The highest BCUT2D eigenvalue weighted by Gasteiger charge is 2.47. The topological polar surface area (TPSA) is 618 Å². The highest BCUT2D eigenvalue weighted by molar-refractivity contribution is 8.77. The highest BCUT2D eigenvalue weighted by atomic mass is 33.1. The minimum absolute atomic E-state index is 0.0445. The summed E-state index contributed by atoms with van der Waals surface area (Å²) >= 11 is 0. The van der Waals surface area contributed by atoms with E-state index >= 15 is 28.8 Å². The number of hydrogen-bond donors (Lipinski definition) is 19. The van der Waals surface area contributed by atoms with Gasteiger partial charge < -0.3 is 107 Å². The van der Waals surface area contributed by atoms with E-state index in [1.807, 2.05) is 43.3 Å². The molecule has 0 bridgehead atoms. The van der Waals surface area contributed by atoms with Gasteiger partial charge in [0.15, 0.2) is 23.1 Å². The molecule has 37 nitrogen and oxygen atoms in total. The van der Waals surface area contributed by atoms with Crippen LogP contribution >= 0.6 is 21.6 Å². The van der Waals surface area contributed by atoms with Gasteiger partial charge in [0.25, 0.3) is 0 Å². The standard InChI is InChI=1S/C89H127N17O20S2/c1-48-20-18-23-62-60(47-97-73(48)62)41-66-81(120)99-64(25-19-36-96-86(94)125)80(119)106-76(87(7,8)127-128-88(9,10)77(98-53(6)111)84(123)102-67(45-72(93)116)82(121)105-75(51(4)109)83(122)101-66)69(113)43-58(38-54-27-30-61(31-28-54)126-37-34-91)78(117)100-65(40-55-26-29-56-21-12-13-22-57(56)39-55)70(114)46-89(11,32-15-16-33-90)85(124)103-63(24-14-17-35-95-52(5)110)68(112)42-59(44-71(92)115)79(118)104-74(49(2)107)50(3)108/h12-13,18,20-23,26-31,39,47,49,51,58-59,63-67,74-77,97,107,109H,14-17,19,24-25,32-38,40-46,90-91H2,1-11H3,(H2,92,115)(H2,93,116)(H,95,110)(H,98,111)(H,99,120)(H,100,117)(H,101,122)(H,102,123)(H,103,124)(H,104,118)(H,105,121)(H,106,119)(H3,94,96,125)/t49-,51+,58+,59-,63-,64-,65-,66-,67-,74+,75-,76+,77+,89+/m0/s1. The van der Waals surface area contributed by atoms with Gasteiger partial charge in [0.05, 0.1) is 42.0 Å². The van der Waals surface area contributed by atoms with Crippen molar-refractivity contribution in [2.45, 2.75) is 255 Å². The molecule has 5 aromatic rings. The van der Waals surface area contributed by atoms with Crippen LogP contribution in [0.3, 0.4) is 0 Å². The molecular weight excluding hydrogens is 1690 g/mol. The molecule has 0 aliphatic carbocycles. The fraction of sp³-hybridized carbons (Fsp3) is 0.539. The first kappa shape index (κ1) is 105. The number of amides is 14. The van der Waals surface area contributed by atoms with Crippen LogP contribution in [0.25, 0.3) is 21.7 Å². The molecule has 1 aliphatic rings. The zero-order valence-electron chi connectivity index (χ0n) is 74.5. The molecule has 1 aromatic heterocycles. The Morgan fingerprint density at radius 1 is 0.594 bits per heavy atom. The third-order valence-electron chi connectivity index (χ3n) is 22.2. The summed E-state index contributed by atoms with van der Waals surface area (Å²) in [6.07, 6.45) is -5.50. The van der Waals surface area contributed by atoms with Crippen molar-refractivity contribution in [2.24, 2.45) is 45.9 Å². The molecule has 700 valence electrons. The largest absolute Gasteiger partial charge is 0.492 e. The van der Waals surface area contributed by atoms with E-state index in [2.05, 4.69) is 63.5 Å². The van der Waals surface area contributed by atoms with Crippen molar-refractivity contribution < 1.29 is 96.5 Å². The Labute approximate surface area is 752 Å². The molecule has 14 atom stereocenters. The highest BCUT2D eigenvalue weighted by Crippen LogP contribution is 2.47. The molecule has 24 N–H and O–H groups in total. The average Bonchev–Trinajstić information content (AvgIpc) is 1.74. The van der Waals surface area contributed by atoms with Gasteiger partial charge in [-0.05, 0) is 165 Å². The summed E-state index contributed by atoms with van der Waals surface area (Å²) in [5.74, 6) is -16.9. The predicted molar refractivity (Wildman–Crippen MR) is 483 cm³/mol. The second kappa shape index (κ2) is 49.8. The summed E-state index contributed by atoms with van der Waals surface area (Å²) < 4.78 is 2.65. The predicted octanol–water partition coefficient (Wildman–Crippen LogP) is 1.43. The average molecular weight is 1820 g/mol. The number of rotatable bonds is 45. The van der Waals surface area contributed by atoms with Crippen LogP contribution in [-0.4, -0.2) is 224 Å². The van der Waals surface area contributed by atoms with Crippen LogP contribution in [0.4, 0.5) is 4.79 Å². The number of ketones is 4.